The molecule has 0 aromatic heterocycles. The van der Waals surface area contributed by atoms with E-state index < -0.39 is 0 Å². The Morgan fingerprint density at radius 3 is 1.94 bits per heavy atom. The minimum atomic E-state index is 0.210. The summed E-state index contributed by atoms with van der Waals surface area (Å²) in [5, 5.41) is 0. The summed E-state index contributed by atoms with van der Waals surface area (Å²) in [6.07, 6.45) is 4.25. The van der Waals surface area contributed by atoms with Crippen molar-refractivity contribution >= 4 is 35.1 Å². The highest BCUT2D eigenvalue weighted by atomic mass is 32.2. The van der Waals surface area contributed by atoms with E-state index in [1.807, 2.05) is 53.9 Å². The molecule has 1 aliphatic carbocycles. The number of hydrogen-bond acceptors (Lipinski definition) is 4. The number of hydrogen-bond donors (Lipinski definition) is 0. The number of nitrogens with zero attached hydrogens (tertiary/aromatic N) is 1. The Balaban J connectivity index is 1.44. The third kappa shape index (κ3) is 6.34. The fourth-order valence-electron chi connectivity index (χ4n) is 4.06. The van der Waals surface area contributed by atoms with Gasteiger partial charge in [-0.3, -0.25) is 0 Å². The third-order valence-electron chi connectivity index (χ3n) is 5.68. The second-order valence-electron chi connectivity index (χ2n) is 8.22. The number of aliphatic imine (C=N–C) groups is 1. The first-order valence-electron chi connectivity index (χ1n) is 11.7. The lowest BCUT2D eigenvalue weighted by molar-refractivity contribution is 0.535. The van der Waals surface area contributed by atoms with E-state index in [-0.39, 0.29) is 4.58 Å². The van der Waals surface area contributed by atoms with Crippen molar-refractivity contribution in [1.29, 1.82) is 0 Å². The maximum Gasteiger partial charge on any atom is 0.197 e. The predicted molar refractivity (Wildman–Crippen MR) is 146 cm³/mol. The van der Waals surface area contributed by atoms with Crippen molar-refractivity contribution in [3.05, 3.63) is 120 Å². The van der Waals surface area contributed by atoms with Gasteiger partial charge in [0.2, 0.25) is 0 Å². The van der Waals surface area contributed by atoms with Gasteiger partial charge in [-0.2, -0.15) is 0 Å². The number of aryl methyl sites for hydroxylation is 2. The van der Waals surface area contributed by atoms with Gasteiger partial charge in [-0.25, -0.2) is 4.99 Å². The normalized spacial score (nSPS) is 13.1. The van der Waals surface area contributed by atoms with Crippen LogP contribution in [0.3, 0.4) is 0 Å². The zero-order valence-electron chi connectivity index (χ0n) is 19.0. The number of fused-ring (bicyclic) bond motifs is 1. The highest BCUT2D eigenvalue weighted by molar-refractivity contribution is 8.17. The van der Waals surface area contributed by atoms with Crippen LogP contribution in [-0.2, 0) is 12.8 Å². The molecule has 0 N–H and O–H groups in total. The average molecular weight is 482 g/mol. The Bertz CT molecular complexity index is 1190. The Labute approximate surface area is 210 Å². The summed E-state index contributed by atoms with van der Waals surface area (Å²) in [6.45, 7) is 0. The van der Waals surface area contributed by atoms with Crippen molar-refractivity contribution in [3.8, 4) is 5.75 Å². The van der Waals surface area contributed by atoms with E-state index in [1.165, 1.54) is 33.8 Å². The Morgan fingerprint density at radius 1 is 0.706 bits per heavy atom. The minimum absolute atomic E-state index is 0.210. The first-order chi connectivity index (χ1) is 16.8. The summed E-state index contributed by atoms with van der Waals surface area (Å²) >= 11 is 3.71. The smallest absolute Gasteiger partial charge is 0.197 e. The van der Waals surface area contributed by atoms with Gasteiger partial charge in [0.05, 0.1) is 10.3 Å². The van der Waals surface area contributed by atoms with Gasteiger partial charge in [-0.1, -0.05) is 60.7 Å². The molecule has 0 bridgehead atoms. The Morgan fingerprint density at radius 2 is 1.29 bits per heavy atom. The van der Waals surface area contributed by atoms with Gasteiger partial charge < -0.3 is 4.74 Å². The summed E-state index contributed by atoms with van der Waals surface area (Å²) in [5.41, 5.74) is 3.86. The molecule has 0 saturated carbocycles. The van der Waals surface area contributed by atoms with Crippen LogP contribution in [0, 0.1) is 0 Å². The summed E-state index contributed by atoms with van der Waals surface area (Å²) in [5.74, 6) is 1.55. The molecule has 0 heterocycles. The fourth-order valence-corrected chi connectivity index (χ4v) is 6.60. The van der Waals surface area contributed by atoms with Gasteiger partial charge in [0.15, 0.2) is 5.90 Å². The van der Waals surface area contributed by atoms with E-state index >= 15 is 0 Å². The van der Waals surface area contributed by atoms with Gasteiger partial charge in [0, 0.05) is 16.2 Å². The summed E-state index contributed by atoms with van der Waals surface area (Å²) < 4.78 is 6.58. The van der Waals surface area contributed by atoms with Crippen LogP contribution in [0.2, 0.25) is 0 Å². The standard InChI is InChI=1S/C30H27NOS2/c1-4-13-26(14-5-1)32-29(31-25-20-19-23-11-10-12-24(23)21-25)22-30(33-27-15-6-2-7-16-27)34-28-17-8-3-9-18-28/h1-9,13-21,30H,10-12,22H2/b31-29-. The van der Waals surface area contributed by atoms with E-state index in [2.05, 4.69) is 78.9 Å². The molecular weight excluding hydrogens is 454 g/mol. The lowest BCUT2D eigenvalue weighted by atomic mass is 10.1. The third-order valence-corrected chi connectivity index (χ3v) is 8.20. The molecule has 0 atom stereocenters. The van der Waals surface area contributed by atoms with E-state index in [4.69, 9.17) is 9.73 Å². The molecule has 0 unspecified atom stereocenters. The maximum atomic E-state index is 6.37. The molecule has 0 aliphatic heterocycles. The molecule has 5 rings (SSSR count). The molecule has 0 spiro atoms. The first kappa shape index (κ1) is 22.8. The van der Waals surface area contributed by atoms with Crippen LogP contribution in [0.25, 0.3) is 0 Å². The van der Waals surface area contributed by atoms with Gasteiger partial charge in [0.1, 0.15) is 5.75 Å². The lowest BCUT2D eigenvalue weighted by Crippen LogP contribution is -2.14. The molecule has 170 valence electrons. The topological polar surface area (TPSA) is 21.6 Å². The fraction of sp³-hybridized carbons (Fsp3) is 0.167. The second kappa shape index (κ2) is 11.5. The zero-order chi connectivity index (χ0) is 23.0. The van der Waals surface area contributed by atoms with Crippen molar-refractivity contribution < 1.29 is 4.74 Å². The SMILES string of the molecule is c1ccc(O/C(CC(Sc2ccccc2)Sc2ccccc2)=N\c2ccc3c(c2)CCC3)cc1. The molecule has 0 fully saturated rings. The summed E-state index contributed by atoms with van der Waals surface area (Å²) in [7, 11) is 0. The van der Waals surface area contributed by atoms with Crippen LogP contribution in [0.4, 0.5) is 5.69 Å². The summed E-state index contributed by atoms with van der Waals surface area (Å²) in [6, 6.07) is 37.7. The molecule has 4 aromatic carbocycles. The molecule has 0 amide bonds. The number of ether oxygens (including phenoxy) is 1. The van der Waals surface area contributed by atoms with Crippen LogP contribution in [0.5, 0.6) is 5.75 Å². The largest absolute Gasteiger partial charge is 0.443 e. The molecule has 1 aliphatic rings. The maximum absolute atomic E-state index is 6.37. The van der Waals surface area contributed by atoms with Crippen LogP contribution < -0.4 is 4.74 Å². The minimum Gasteiger partial charge on any atom is -0.443 e. The predicted octanol–water partition coefficient (Wildman–Crippen LogP) is 8.59. The first-order valence-corrected chi connectivity index (χ1v) is 13.4. The lowest BCUT2D eigenvalue weighted by Gasteiger charge is -2.18. The van der Waals surface area contributed by atoms with Crippen molar-refractivity contribution in [1.82, 2.24) is 0 Å². The van der Waals surface area contributed by atoms with E-state index in [1.54, 1.807) is 0 Å². The number of thioether (sulfide) groups is 2. The van der Waals surface area contributed by atoms with Crippen LogP contribution >= 0.6 is 23.5 Å². The monoisotopic (exact) mass is 481 g/mol. The van der Waals surface area contributed by atoms with E-state index in [0.29, 0.717) is 6.42 Å². The molecule has 2 nitrogen and oxygen atoms in total. The van der Waals surface area contributed by atoms with Crippen LogP contribution in [0.15, 0.2) is 124 Å². The van der Waals surface area contributed by atoms with Crippen LogP contribution in [-0.4, -0.2) is 10.5 Å². The van der Waals surface area contributed by atoms with Gasteiger partial charge in [0.25, 0.3) is 0 Å². The molecule has 4 aromatic rings. The average Bonchev–Trinajstić information content (AvgIpc) is 3.34. The highest BCUT2D eigenvalue weighted by Gasteiger charge is 2.19. The number of para-hydroxylation sites is 1. The molecule has 0 saturated heterocycles. The van der Waals surface area contributed by atoms with Crippen molar-refractivity contribution in [2.45, 2.75) is 40.1 Å². The Kier molecular flexibility index (Phi) is 7.69. The molecular formula is C30H27NOS2. The molecule has 4 heteroatoms. The van der Waals surface area contributed by atoms with E-state index in [0.717, 1.165) is 23.8 Å². The molecule has 34 heavy (non-hydrogen) atoms. The second-order valence-corrected chi connectivity index (χ2v) is 11.1. The van der Waals surface area contributed by atoms with Gasteiger partial charge >= 0.3 is 0 Å². The van der Waals surface area contributed by atoms with Gasteiger partial charge in [-0.15, -0.1) is 23.5 Å². The van der Waals surface area contributed by atoms with Crippen LogP contribution in [0.1, 0.15) is 24.0 Å². The van der Waals surface area contributed by atoms with Crippen molar-refractivity contribution in [3.63, 3.8) is 0 Å². The van der Waals surface area contributed by atoms with Gasteiger partial charge in [-0.05, 0) is 78.9 Å². The number of benzene rings is 4. The quantitative estimate of drug-likeness (QED) is 0.109. The number of rotatable bonds is 8. The Hall–Kier alpha value is -2.95. The highest BCUT2D eigenvalue weighted by Crippen LogP contribution is 2.38. The molecule has 0 radical (unpaired) electrons. The summed E-state index contributed by atoms with van der Waals surface area (Å²) in [4.78, 5) is 7.51. The van der Waals surface area contributed by atoms with Crippen molar-refractivity contribution in [2.24, 2.45) is 4.99 Å². The van der Waals surface area contributed by atoms with E-state index in [9.17, 15) is 0 Å². The van der Waals surface area contributed by atoms with Crippen molar-refractivity contribution in [2.75, 3.05) is 0 Å². The zero-order valence-corrected chi connectivity index (χ0v) is 20.6.